The van der Waals surface area contributed by atoms with Gasteiger partial charge < -0.3 is 14.2 Å². The summed E-state index contributed by atoms with van der Waals surface area (Å²) >= 11 is 3.45. The van der Waals surface area contributed by atoms with Crippen molar-refractivity contribution in [2.45, 2.75) is 44.9 Å². The van der Waals surface area contributed by atoms with E-state index in [0.29, 0.717) is 17.9 Å². The van der Waals surface area contributed by atoms with Gasteiger partial charge >= 0.3 is 11.9 Å². The Morgan fingerprint density at radius 3 is 2.64 bits per heavy atom. The molecule has 0 bridgehead atoms. The second-order valence-electron chi connectivity index (χ2n) is 7.39. The maximum Gasteiger partial charge on any atom is 0.311 e. The lowest BCUT2D eigenvalue weighted by Gasteiger charge is -2.49. The van der Waals surface area contributed by atoms with Gasteiger partial charge in [-0.05, 0) is 53.7 Å². The highest BCUT2D eigenvalue weighted by Gasteiger charge is 2.56. The van der Waals surface area contributed by atoms with E-state index in [1.165, 1.54) is 7.11 Å². The third kappa shape index (κ3) is 2.75. The van der Waals surface area contributed by atoms with E-state index in [1.807, 2.05) is 13.0 Å². The SMILES string of the molecule is COC(=O)[C@@]1(C)CCC[C@]2(C)c3cc(OC)c(Br)cc3OC(=O)C[C@@H]12. The second kappa shape index (κ2) is 6.31. The van der Waals surface area contributed by atoms with Crippen LogP contribution in [0, 0.1) is 11.3 Å². The standard InChI is InChI=1S/C19H23BrO5/c1-18-6-5-7-19(2,17(22)24-4)15(18)10-16(21)25-13-9-12(20)14(23-3)8-11(13)18/h8-9,15H,5-7,10H2,1-4H3/t15-,18-,19+/m1/s1. The summed E-state index contributed by atoms with van der Waals surface area (Å²) < 4.78 is 16.9. The molecule has 3 rings (SSSR count). The van der Waals surface area contributed by atoms with Crippen LogP contribution in [0.1, 0.15) is 45.1 Å². The lowest BCUT2D eigenvalue weighted by molar-refractivity contribution is -0.161. The van der Waals surface area contributed by atoms with Gasteiger partial charge in [0.1, 0.15) is 11.5 Å². The molecule has 2 aliphatic rings. The highest BCUT2D eigenvalue weighted by molar-refractivity contribution is 9.10. The maximum absolute atomic E-state index is 12.6. The number of benzene rings is 1. The Balaban J connectivity index is 2.21. The van der Waals surface area contributed by atoms with Crippen LogP contribution in [0.3, 0.4) is 0 Å². The number of rotatable bonds is 2. The number of methoxy groups -OCH3 is 2. The van der Waals surface area contributed by atoms with Crippen LogP contribution in [0.4, 0.5) is 0 Å². The Hall–Kier alpha value is -1.56. The molecule has 0 radical (unpaired) electrons. The molecule has 1 saturated carbocycles. The van der Waals surface area contributed by atoms with E-state index in [0.717, 1.165) is 22.9 Å². The van der Waals surface area contributed by atoms with Crippen molar-refractivity contribution in [3.63, 3.8) is 0 Å². The monoisotopic (exact) mass is 410 g/mol. The minimum absolute atomic E-state index is 0.191. The molecule has 1 aromatic carbocycles. The van der Waals surface area contributed by atoms with E-state index in [2.05, 4.69) is 22.9 Å². The fourth-order valence-corrected chi connectivity index (χ4v) is 5.16. The Morgan fingerprint density at radius 2 is 2.00 bits per heavy atom. The van der Waals surface area contributed by atoms with Gasteiger partial charge in [0, 0.05) is 11.0 Å². The smallest absolute Gasteiger partial charge is 0.311 e. The van der Waals surface area contributed by atoms with E-state index >= 15 is 0 Å². The summed E-state index contributed by atoms with van der Waals surface area (Å²) in [5.41, 5.74) is -0.183. The summed E-state index contributed by atoms with van der Waals surface area (Å²) in [6, 6.07) is 3.71. The summed E-state index contributed by atoms with van der Waals surface area (Å²) in [7, 11) is 3.01. The van der Waals surface area contributed by atoms with Crippen LogP contribution in [-0.2, 0) is 19.7 Å². The largest absolute Gasteiger partial charge is 0.496 e. The van der Waals surface area contributed by atoms with Gasteiger partial charge in [-0.2, -0.15) is 0 Å². The van der Waals surface area contributed by atoms with Gasteiger partial charge in [-0.1, -0.05) is 13.3 Å². The molecule has 1 fully saturated rings. The van der Waals surface area contributed by atoms with Crippen LogP contribution < -0.4 is 9.47 Å². The number of ether oxygens (including phenoxy) is 3. The van der Waals surface area contributed by atoms with Crippen molar-refractivity contribution in [3.05, 3.63) is 22.2 Å². The van der Waals surface area contributed by atoms with Crippen molar-refractivity contribution < 1.29 is 23.8 Å². The van der Waals surface area contributed by atoms with Crippen LogP contribution in [0.15, 0.2) is 16.6 Å². The zero-order valence-electron chi connectivity index (χ0n) is 15.0. The molecule has 6 heteroatoms. The van der Waals surface area contributed by atoms with Crippen LogP contribution in [0.2, 0.25) is 0 Å². The molecule has 1 aliphatic carbocycles. The number of carbonyl (C=O) groups excluding carboxylic acids is 2. The average molecular weight is 411 g/mol. The van der Waals surface area contributed by atoms with E-state index < -0.39 is 5.41 Å². The third-order valence-electron chi connectivity index (χ3n) is 6.05. The van der Waals surface area contributed by atoms with Crippen molar-refractivity contribution in [2.75, 3.05) is 14.2 Å². The number of esters is 2. The van der Waals surface area contributed by atoms with Crippen molar-refractivity contribution in [3.8, 4) is 11.5 Å². The molecule has 1 aliphatic heterocycles. The fourth-order valence-electron chi connectivity index (χ4n) is 4.68. The van der Waals surface area contributed by atoms with Gasteiger partial charge in [-0.15, -0.1) is 0 Å². The molecule has 5 nitrogen and oxygen atoms in total. The van der Waals surface area contributed by atoms with Crippen molar-refractivity contribution in [1.29, 1.82) is 0 Å². The Morgan fingerprint density at radius 1 is 1.28 bits per heavy atom. The highest BCUT2D eigenvalue weighted by atomic mass is 79.9. The zero-order chi connectivity index (χ0) is 18.4. The fraction of sp³-hybridized carbons (Fsp3) is 0.579. The molecule has 0 spiro atoms. The molecule has 136 valence electrons. The Labute approximate surface area is 156 Å². The first kappa shape index (κ1) is 18.2. The Bertz CT molecular complexity index is 731. The molecule has 0 unspecified atom stereocenters. The molecule has 0 N–H and O–H groups in total. The molecule has 0 aromatic heterocycles. The normalized spacial score (nSPS) is 31.2. The molecule has 3 atom stereocenters. The van der Waals surface area contributed by atoms with Crippen molar-refractivity contribution in [2.24, 2.45) is 11.3 Å². The summed E-state index contributed by atoms with van der Waals surface area (Å²) in [5.74, 6) is 0.451. The predicted octanol–water partition coefficient (Wildman–Crippen LogP) is 4.00. The summed E-state index contributed by atoms with van der Waals surface area (Å²) in [4.78, 5) is 25.1. The quantitative estimate of drug-likeness (QED) is 0.544. The first-order valence-electron chi connectivity index (χ1n) is 8.43. The van der Waals surface area contributed by atoms with E-state index in [1.54, 1.807) is 13.2 Å². The van der Waals surface area contributed by atoms with Gasteiger partial charge in [0.25, 0.3) is 0 Å². The first-order valence-corrected chi connectivity index (χ1v) is 9.22. The maximum atomic E-state index is 12.6. The lowest BCUT2D eigenvalue weighted by atomic mass is 9.53. The average Bonchev–Trinajstić information content (AvgIpc) is 2.68. The molecule has 0 saturated heterocycles. The van der Waals surface area contributed by atoms with Gasteiger partial charge in [0.2, 0.25) is 0 Å². The third-order valence-corrected chi connectivity index (χ3v) is 6.67. The lowest BCUT2D eigenvalue weighted by Crippen LogP contribution is -2.50. The Kier molecular flexibility index (Phi) is 4.60. The molecule has 1 heterocycles. The molecule has 25 heavy (non-hydrogen) atoms. The summed E-state index contributed by atoms with van der Waals surface area (Å²) in [6.07, 6.45) is 2.65. The molecular formula is C19H23BrO5. The van der Waals surface area contributed by atoms with E-state index in [9.17, 15) is 9.59 Å². The summed E-state index contributed by atoms with van der Waals surface area (Å²) in [5, 5.41) is 0. The number of halogens is 1. The minimum atomic E-state index is -0.720. The number of hydrogen-bond acceptors (Lipinski definition) is 5. The zero-order valence-corrected chi connectivity index (χ0v) is 16.6. The topological polar surface area (TPSA) is 61.8 Å². The highest BCUT2D eigenvalue weighted by Crippen LogP contribution is 2.58. The van der Waals surface area contributed by atoms with Crippen LogP contribution in [-0.4, -0.2) is 26.2 Å². The number of hydrogen-bond donors (Lipinski definition) is 0. The molecule has 0 amide bonds. The van der Waals surface area contributed by atoms with E-state index in [-0.39, 0.29) is 29.7 Å². The van der Waals surface area contributed by atoms with Gasteiger partial charge in [0.05, 0.1) is 30.5 Å². The molecule has 1 aromatic rings. The van der Waals surface area contributed by atoms with Crippen molar-refractivity contribution >= 4 is 27.9 Å². The molecular weight excluding hydrogens is 388 g/mol. The van der Waals surface area contributed by atoms with Crippen molar-refractivity contribution in [1.82, 2.24) is 0 Å². The first-order chi connectivity index (χ1) is 11.8. The van der Waals surface area contributed by atoms with Crippen LogP contribution in [0.5, 0.6) is 11.5 Å². The van der Waals surface area contributed by atoms with Gasteiger partial charge in [0.15, 0.2) is 0 Å². The second-order valence-corrected chi connectivity index (χ2v) is 8.25. The van der Waals surface area contributed by atoms with Crippen LogP contribution >= 0.6 is 15.9 Å². The van der Waals surface area contributed by atoms with Gasteiger partial charge in [-0.25, -0.2) is 0 Å². The van der Waals surface area contributed by atoms with Gasteiger partial charge in [-0.3, -0.25) is 9.59 Å². The van der Waals surface area contributed by atoms with E-state index in [4.69, 9.17) is 14.2 Å². The number of fused-ring (bicyclic) bond motifs is 3. The number of carbonyl (C=O) groups is 2. The minimum Gasteiger partial charge on any atom is -0.496 e. The predicted molar refractivity (Wildman–Crippen MR) is 95.8 cm³/mol. The summed E-state index contributed by atoms with van der Waals surface area (Å²) in [6.45, 7) is 4.03. The van der Waals surface area contributed by atoms with Crippen LogP contribution in [0.25, 0.3) is 0 Å².